The number of anilines is 1. The zero-order chi connectivity index (χ0) is 20.9. The van der Waals surface area contributed by atoms with Crippen LogP contribution in [-0.2, 0) is 21.0 Å². The van der Waals surface area contributed by atoms with E-state index in [1.807, 2.05) is 0 Å². The lowest BCUT2D eigenvalue weighted by Gasteiger charge is -2.23. The fraction of sp³-hybridized carbons (Fsp3) is 0.176. The van der Waals surface area contributed by atoms with Crippen molar-refractivity contribution >= 4 is 39.4 Å². The highest BCUT2D eigenvalue weighted by Crippen LogP contribution is 2.36. The first-order chi connectivity index (χ1) is 13.0. The van der Waals surface area contributed by atoms with E-state index in [4.69, 9.17) is 11.6 Å². The third-order valence-electron chi connectivity index (χ3n) is 3.43. The lowest BCUT2D eigenvalue weighted by Crippen LogP contribution is -2.39. The number of hydrazone groups is 1. The standard InChI is InChI=1S/C17H15ClF3N3O3S/c1-28(26,27)24(15-9-13(17(19,20)21)7-8-14(15)18)11-16(25)23-22-10-12-5-3-2-4-6-12/h2-10H,11H2,1H3,(H,23,25)/b22-10-. The predicted octanol–water partition coefficient (Wildman–Crippen LogP) is 3.28. The maximum absolute atomic E-state index is 12.9. The number of carbonyl (C=O) groups is 1. The number of nitrogens with zero attached hydrogens (tertiary/aromatic N) is 2. The van der Waals surface area contributed by atoms with Crippen LogP contribution in [0.5, 0.6) is 0 Å². The molecular weight excluding hydrogens is 419 g/mol. The van der Waals surface area contributed by atoms with Gasteiger partial charge in [0.25, 0.3) is 5.91 Å². The van der Waals surface area contributed by atoms with Crippen LogP contribution < -0.4 is 9.73 Å². The van der Waals surface area contributed by atoms with Crippen molar-refractivity contribution in [2.24, 2.45) is 5.10 Å². The molecule has 0 aliphatic carbocycles. The Morgan fingerprint density at radius 2 is 1.86 bits per heavy atom. The zero-order valence-corrected chi connectivity index (χ0v) is 16.0. The third-order valence-corrected chi connectivity index (χ3v) is 4.88. The third kappa shape index (κ3) is 5.96. The molecule has 0 unspecified atom stereocenters. The first-order valence-electron chi connectivity index (χ1n) is 7.70. The Bertz CT molecular complexity index is 980. The number of amides is 1. The lowest BCUT2D eigenvalue weighted by molar-refractivity contribution is -0.137. The number of sulfonamides is 1. The minimum atomic E-state index is -4.70. The molecule has 6 nitrogen and oxygen atoms in total. The Kier molecular flexibility index (Phi) is 6.68. The molecule has 0 aromatic heterocycles. The summed E-state index contributed by atoms with van der Waals surface area (Å²) in [5, 5.41) is 3.44. The van der Waals surface area contributed by atoms with E-state index in [-0.39, 0.29) is 5.02 Å². The van der Waals surface area contributed by atoms with Crippen molar-refractivity contribution in [1.82, 2.24) is 5.43 Å². The molecule has 0 aliphatic heterocycles. The van der Waals surface area contributed by atoms with E-state index in [0.29, 0.717) is 15.9 Å². The van der Waals surface area contributed by atoms with Crippen molar-refractivity contribution in [3.63, 3.8) is 0 Å². The molecule has 28 heavy (non-hydrogen) atoms. The molecular formula is C17H15ClF3N3O3S. The number of alkyl halides is 3. The number of hydrogen-bond acceptors (Lipinski definition) is 4. The topological polar surface area (TPSA) is 78.8 Å². The fourth-order valence-electron chi connectivity index (χ4n) is 2.14. The van der Waals surface area contributed by atoms with Crippen LogP contribution in [-0.4, -0.2) is 33.3 Å². The Morgan fingerprint density at radius 1 is 1.21 bits per heavy atom. The summed E-state index contributed by atoms with van der Waals surface area (Å²) in [5.74, 6) is -0.855. The van der Waals surface area contributed by atoms with Gasteiger partial charge >= 0.3 is 6.18 Å². The van der Waals surface area contributed by atoms with Crippen LogP contribution in [0, 0.1) is 0 Å². The highest BCUT2D eigenvalue weighted by Gasteiger charge is 2.33. The summed E-state index contributed by atoms with van der Waals surface area (Å²) in [6.07, 6.45) is -2.62. The molecule has 0 aliphatic rings. The van der Waals surface area contributed by atoms with Gasteiger partial charge in [0.15, 0.2) is 0 Å². The van der Waals surface area contributed by atoms with E-state index in [1.165, 1.54) is 6.21 Å². The van der Waals surface area contributed by atoms with Crippen molar-refractivity contribution in [3.8, 4) is 0 Å². The number of nitrogens with one attached hydrogen (secondary N) is 1. The van der Waals surface area contributed by atoms with E-state index < -0.39 is 39.9 Å². The molecule has 0 heterocycles. The summed E-state index contributed by atoms with van der Waals surface area (Å²) >= 11 is 5.88. The minimum absolute atomic E-state index is 0.251. The molecule has 0 saturated heterocycles. The van der Waals surface area contributed by atoms with Crippen molar-refractivity contribution in [3.05, 3.63) is 64.7 Å². The number of hydrogen-bond donors (Lipinski definition) is 1. The molecule has 2 aromatic rings. The molecule has 150 valence electrons. The largest absolute Gasteiger partial charge is 0.416 e. The molecule has 2 rings (SSSR count). The van der Waals surface area contributed by atoms with Crippen LogP contribution in [0.25, 0.3) is 0 Å². The maximum Gasteiger partial charge on any atom is 0.416 e. The molecule has 1 N–H and O–H groups in total. The van der Waals surface area contributed by atoms with Gasteiger partial charge in [-0.05, 0) is 23.8 Å². The van der Waals surface area contributed by atoms with Gasteiger partial charge in [-0.25, -0.2) is 13.8 Å². The van der Waals surface area contributed by atoms with E-state index >= 15 is 0 Å². The lowest BCUT2D eigenvalue weighted by atomic mass is 10.2. The second-order valence-electron chi connectivity index (χ2n) is 5.64. The van der Waals surface area contributed by atoms with Gasteiger partial charge in [0.1, 0.15) is 6.54 Å². The van der Waals surface area contributed by atoms with E-state index in [1.54, 1.807) is 30.3 Å². The number of rotatable bonds is 6. The average Bonchev–Trinajstić information content (AvgIpc) is 2.59. The molecule has 0 fully saturated rings. The van der Waals surface area contributed by atoms with Crippen LogP contribution in [0.2, 0.25) is 5.02 Å². The number of halogens is 4. The Hall–Kier alpha value is -2.59. The van der Waals surface area contributed by atoms with Crippen molar-refractivity contribution in [2.45, 2.75) is 6.18 Å². The van der Waals surface area contributed by atoms with Crippen LogP contribution in [0.3, 0.4) is 0 Å². The molecule has 0 saturated carbocycles. The Morgan fingerprint density at radius 3 is 2.43 bits per heavy atom. The molecule has 0 atom stereocenters. The Labute approximate surface area is 164 Å². The second-order valence-corrected chi connectivity index (χ2v) is 7.95. The minimum Gasteiger partial charge on any atom is -0.271 e. The van der Waals surface area contributed by atoms with Crippen LogP contribution in [0.15, 0.2) is 53.6 Å². The molecule has 0 spiro atoms. The SMILES string of the molecule is CS(=O)(=O)N(CC(=O)N/N=C\c1ccccc1)c1cc(C(F)(F)F)ccc1Cl. The van der Waals surface area contributed by atoms with Gasteiger partial charge < -0.3 is 0 Å². The summed E-state index contributed by atoms with van der Waals surface area (Å²) in [5.41, 5.74) is 1.26. The first-order valence-corrected chi connectivity index (χ1v) is 9.92. The quantitative estimate of drug-likeness (QED) is 0.561. The summed E-state index contributed by atoms with van der Waals surface area (Å²) in [4.78, 5) is 12.1. The molecule has 2 aromatic carbocycles. The summed E-state index contributed by atoms with van der Waals surface area (Å²) in [6.45, 7) is -0.800. The summed E-state index contributed by atoms with van der Waals surface area (Å²) in [7, 11) is -4.11. The van der Waals surface area contributed by atoms with E-state index in [9.17, 15) is 26.4 Å². The van der Waals surface area contributed by atoms with Gasteiger partial charge in [-0.2, -0.15) is 18.3 Å². The van der Waals surface area contributed by atoms with Crippen molar-refractivity contribution in [1.29, 1.82) is 0 Å². The van der Waals surface area contributed by atoms with E-state index in [2.05, 4.69) is 10.5 Å². The van der Waals surface area contributed by atoms with Crippen LogP contribution >= 0.6 is 11.6 Å². The van der Waals surface area contributed by atoms with Gasteiger partial charge in [-0.1, -0.05) is 41.9 Å². The first kappa shape index (κ1) is 21.7. The second kappa shape index (κ2) is 8.61. The zero-order valence-electron chi connectivity index (χ0n) is 14.4. The van der Waals surface area contributed by atoms with Gasteiger partial charge in [-0.15, -0.1) is 0 Å². The number of benzene rings is 2. The Balaban J connectivity index is 2.23. The molecule has 11 heteroatoms. The average molecular weight is 434 g/mol. The summed E-state index contributed by atoms with van der Waals surface area (Å²) < 4.78 is 63.4. The number of carbonyl (C=O) groups excluding carboxylic acids is 1. The highest BCUT2D eigenvalue weighted by molar-refractivity contribution is 7.92. The van der Waals surface area contributed by atoms with Crippen LogP contribution in [0.4, 0.5) is 18.9 Å². The fourth-order valence-corrected chi connectivity index (χ4v) is 3.27. The molecule has 1 amide bonds. The maximum atomic E-state index is 12.9. The highest BCUT2D eigenvalue weighted by atomic mass is 35.5. The van der Waals surface area contributed by atoms with Gasteiger partial charge in [0.2, 0.25) is 10.0 Å². The predicted molar refractivity (Wildman–Crippen MR) is 101 cm³/mol. The van der Waals surface area contributed by atoms with Crippen molar-refractivity contribution in [2.75, 3.05) is 17.1 Å². The van der Waals surface area contributed by atoms with Gasteiger partial charge in [0, 0.05) is 0 Å². The van der Waals surface area contributed by atoms with Gasteiger partial charge in [0.05, 0.1) is 28.7 Å². The van der Waals surface area contributed by atoms with Crippen molar-refractivity contribution < 1.29 is 26.4 Å². The van der Waals surface area contributed by atoms with Crippen LogP contribution in [0.1, 0.15) is 11.1 Å². The van der Waals surface area contributed by atoms with Gasteiger partial charge in [-0.3, -0.25) is 9.10 Å². The van der Waals surface area contributed by atoms with E-state index in [0.717, 1.165) is 18.4 Å². The summed E-state index contributed by atoms with van der Waals surface area (Å²) in [6, 6.07) is 11.0. The smallest absolute Gasteiger partial charge is 0.271 e. The molecule has 0 radical (unpaired) electrons. The molecule has 0 bridgehead atoms. The monoisotopic (exact) mass is 433 g/mol. The normalized spacial score (nSPS) is 12.2.